The van der Waals surface area contributed by atoms with E-state index in [9.17, 15) is 14.8 Å². The van der Waals surface area contributed by atoms with Gasteiger partial charge in [-0.05, 0) is 43.7 Å². The summed E-state index contributed by atoms with van der Waals surface area (Å²) in [6.07, 6.45) is 3.80. The Labute approximate surface area is 160 Å². The molecule has 3 atom stereocenters. The number of hydrogen-bond acceptors (Lipinski definition) is 4. The highest BCUT2D eigenvalue weighted by Crippen LogP contribution is 2.54. The molecule has 1 aliphatic carbocycles. The lowest BCUT2D eigenvalue weighted by Crippen LogP contribution is -2.59. The van der Waals surface area contributed by atoms with Crippen LogP contribution in [-0.4, -0.2) is 59.5 Å². The Morgan fingerprint density at radius 1 is 1.15 bits per heavy atom. The second kappa shape index (κ2) is 6.60. The summed E-state index contributed by atoms with van der Waals surface area (Å²) in [4.78, 5) is 29.7. The molecule has 146 valence electrons. The van der Waals surface area contributed by atoms with Crippen molar-refractivity contribution in [3.63, 3.8) is 0 Å². The molecule has 6 nitrogen and oxygen atoms in total. The maximum atomic E-state index is 13.4. The smallest absolute Gasteiger partial charge is 0.248 e. The van der Waals surface area contributed by atoms with Crippen molar-refractivity contribution in [1.82, 2.24) is 15.3 Å². The van der Waals surface area contributed by atoms with Gasteiger partial charge in [0.2, 0.25) is 11.8 Å². The number of nitrogens with zero attached hydrogens (tertiary/aromatic N) is 2. The summed E-state index contributed by atoms with van der Waals surface area (Å²) in [6.45, 7) is 4.42. The van der Waals surface area contributed by atoms with E-state index in [0.29, 0.717) is 19.5 Å². The number of carbonyl (C=O) groups is 2. The van der Waals surface area contributed by atoms with Crippen LogP contribution in [-0.2, 0) is 15.0 Å². The Kier molecular flexibility index (Phi) is 4.51. The molecule has 1 aromatic rings. The fourth-order valence-corrected chi connectivity index (χ4v) is 5.21. The van der Waals surface area contributed by atoms with Crippen molar-refractivity contribution in [3.05, 3.63) is 35.9 Å². The van der Waals surface area contributed by atoms with Gasteiger partial charge in [0, 0.05) is 25.0 Å². The molecule has 0 bridgehead atoms. The van der Waals surface area contributed by atoms with Crippen LogP contribution in [0.3, 0.4) is 0 Å². The molecule has 3 unspecified atom stereocenters. The van der Waals surface area contributed by atoms with Crippen LogP contribution in [0.5, 0.6) is 0 Å². The van der Waals surface area contributed by atoms with Gasteiger partial charge in [0.25, 0.3) is 0 Å². The van der Waals surface area contributed by atoms with Gasteiger partial charge in [0.15, 0.2) is 0 Å². The maximum absolute atomic E-state index is 13.4. The molecule has 0 aromatic heterocycles. The topological polar surface area (TPSA) is 72.9 Å². The van der Waals surface area contributed by atoms with Gasteiger partial charge in [-0.25, -0.2) is 5.48 Å². The Bertz CT molecular complexity index is 733. The third kappa shape index (κ3) is 3.25. The number of rotatable bonds is 3. The third-order valence-corrected chi connectivity index (χ3v) is 7.01. The van der Waals surface area contributed by atoms with E-state index >= 15 is 0 Å². The fourth-order valence-electron chi connectivity index (χ4n) is 5.21. The van der Waals surface area contributed by atoms with E-state index in [4.69, 9.17) is 0 Å². The average Bonchev–Trinajstić information content (AvgIpc) is 3.28. The Hall–Kier alpha value is -1.92. The van der Waals surface area contributed by atoms with Crippen LogP contribution in [0.15, 0.2) is 30.3 Å². The minimum absolute atomic E-state index is 0.0151. The van der Waals surface area contributed by atoms with Crippen LogP contribution < -0.4 is 5.48 Å². The van der Waals surface area contributed by atoms with E-state index in [0.717, 1.165) is 25.8 Å². The van der Waals surface area contributed by atoms with Gasteiger partial charge in [-0.3, -0.25) is 19.7 Å². The number of amides is 2. The summed E-state index contributed by atoms with van der Waals surface area (Å²) in [7, 11) is 1.94. The van der Waals surface area contributed by atoms with Gasteiger partial charge >= 0.3 is 0 Å². The van der Waals surface area contributed by atoms with E-state index < -0.39 is 17.9 Å². The zero-order valence-electron chi connectivity index (χ0n) is 16.1. The van der Waals surface area contributed by atoms with Crippen LogP contribution in [0, 0.1) is 11.3 Å². The molecule has 3 aliphatic rings. The standard InChI is InChI=1S/C21H29N3O3/c1-20(15-6-4-3-5-7-15)10-11-24(13-20)19(26)17-16(18(25)22-27)12-21(8-9-21)14-23(17)2/h3-7,16-17,27H,8-14H2,1-2H3,(H,22,25). The predicted molar refractivity (Wildman–Crippen MR) is 101 cm³/mol. The first kappa shape index (κ1) is 18.4. The second-order valence-electron chi connectivity index (χ2n) is 9.08. The van der Waals surface area contributed by atoms with Crippen molar-refractivity contribution in [1.29, 1.82) is 0 Å². The molecule has 2 N–H and O–H groups in total. The number of likely N-dealkylation sites (N-methyl/N-ethyl adjacent to an activating group) is 1. The molecule has 1 spiro atoms. The quantitative estimate of drug-likeness (QED) is 0.628. The molecule has 27 heavy (non-hydrogen) atoms. The number of likely N-dealkylation sites (tertiary alicyclic amines) is 2. The average molecular weight is 371 g/mol. The van der Waals surface area contributed by atoms with Crippen LogP contribution in [0.4, 0.5) is 0 Å². The summed E-state index contributed by atoms with van der Waals surface area (Å²) in [5.74, 6) is -0.912. The Balaban J connectivity index is 1.53. The Morgan fingerprint density at radius 2 is 1.85 bits per heavy atom. The van der Waals surface area contributed by atoms with Gasteiger partial charge in [0.05, 0.1) is 5.92 Å². The van der Waals surface area contributed by atoms with Crippen molar-refractivity contribution in [2.45, 2.75) is 44.1 Å². The molecular formula is C21H29N3O3. The number of carbonyl (C=O) groups excluding carboxylic acids is 2. The van der Waals surface area contributed by atoms with Gasteiger partial charge < -0.3 is 4.90 Å². The summed E-state index contributed by atoms with van der Waals surface area (Å²) >= 11 is 0. The van der Waals surface area contributed by atoms with Crippen molar-refractivity contribution in [2.75, 3.05) is 26.7 Å². The highest BCUT2D eigenvalue weighted by Gasteiger charge is 2.55. The summed E-state index contributed by atoms with van der Waals surface area (Å²) in [5.41, 5.74) is 3.15. The summed E-state index contributed by atoms with van der Waals surface area (Å²) in [6, 6.07) is 9.83. The van der Waals surface area contributed by atoms with Gasteiger partial charge in [0.1, 0.15) is 6.04 Å². The van der Waals surface area contributed by atoms with Crippen LogP contribution >= 0.6 is 0 Å². The number of piperidine rings is 1. The SMILES string of the molecule is CN1CC2(CC2)CC(C(=O)NO)C1C(=O)N1CCC(C)(c2ccccc2)C1. The molecule has 2 aliphatic heterocycles. The van der Waals surface area contributed by atoms with Crippen molar-refractivity contribution >= 4 is 11.8 Å². The predicted octanol–water partition coefficient (Wildman–Crippen LogP) is 1.78. The second-order valence-corrected chi connectivity index (χ2v) is 9.08. The number of hydrogen-bond donors (Lipinski definition) is 2. The first-order valence-corrected chi connectivity index (χ1v) is 9.86. The zero-order chi connectivity index (χ0) is 19.2. The number of nitrogens with one attached hydrogen (secondary N) is 1. The van der Waals surface area contributed by atoms with E-state index in [1.807, 2.05) is 35.0 Å². The summed E-state index contributed by atoms with van der Waals surface area (Å²) < 4.78 is 0. The first-order chi connectivity index (χ1) is 12.9. The molecule has 6 heteroatoms. The molecule has 2 heterocycles. The molecule has 0 radical (unpaired) electrons. The molecule has 1 saturated carbocycles. The van der Waals surface area contributed by atoms with E-state index in [-0.39, 0.29) is 16.7 Å². The molecule has 4 rings (SSSR count). The van der Waals surface area contributed by atoms with Crippen LogP contribution in [0.2, 0.25) is 0 Å². The van der Waals surface area contributed by atoms with Crippen LogP contribution in [0.25, 0.3) is 0 Å². The first-order valence-electron chi connectivity index (χ1n) is 9.86. The zero-order valence-corrected chi connectivity index (χ0v) is 16.1. The van der Waals surface area contributed by atoms with Crippen molar-refractivity contribution < 1.29 is 14.8 Å². The van der Waals surface area contributed by atoms with Crippen molar-refractivity contribution in [2.24, 2.45) is 11.3 Å². The minimum Gasteiger partial charge on any atom is -0.340 e. The minimum atomic E-state index is -0.499. The normalized spacial score (nSPS) is 32.5. The monoisotopic (exact) mass is 371 g/mol. The largest absolute Gasteiger partial charge is 0.340 e. The lowest BCUT2D eigenvalue weighted by molar-refractivity contribution is -0.150. The molecular weight excluding hydrogens is 342 g/mol. The van der Waals surface area contributed by atoms with Crippen LogP contribution in [0.1, 0.15) is 38.2 Å². The fraction of sp³-hybridized carbons (Fsp3) is 0.619. The summed E-state index contributed by atoms with van der Waals surface area (Å²) in [5, 5.41) is 9.22. The number of hydroxylamine groups is 1. The maximum Gasteiger partial charge on any atom is 0.248 e. The highest BCUT2D eigenvalue weighted by molar-refractivity contribution is 5.90. The lowest BCUT2D eigenvalue weighted by atomic mass is 9.80. The highest BCUT2D eigenvalue weighted by atomic mass is 16.5. The molecule has 2 amide bonds. The number of benzene rings is 1. The van der Waals surface area contributed by atoms with Gasteiger partial charge in [-0.1, -0.05) is 37.3 Å². The van der Waals surface area contributed by atoms with Gasteiger partial charge in [-0.2, -0.15) is 0 Å². The lowest BCUT2D eigenvalue weighted by Gasteiger charge is -2.43. The van der Waals surface area contributed by atoms with E-state index in [2.05, 4.69) is 19.1 Å². The van der Waals surface area contributed by atoms with Crippen molar-refractivity contribution in [3.8, 4) is 0 Å². The third-order valence-electron chi connectivity index (χ3n) is 7.01. The Morgan fingerprint density at radius 3 is 2.48 bits per heavy atom. The van der Waals surface area contributed by atoms with E-state index in [1.54, 1.807) is 5.48 Å². The molecule has 3 fully saturated rings. The van der Waals surface area contributed by atoms with E-state index in [1.165, 1.54) is 5.56 Å². The van der Waals surface area contributed by atoms with Gasteiger partial charge in [-0.15, -0.1) is 0 Å². The molecule has 2 saturated heterocycles. The molecule has 1 aromatic carbocycles.